The van der Waals surface area contributed by atoms with Gasteiger partial charge in [-0.3, -0.25) is 4.90 Å². The van der Waals surface area contributed by atoms with Crippen molar-refractivity contribution < 1.29 is 5.11 Å². The lowest BCUT2D eigenvalue weighted by Gasteiger charge is -2.35. The number of fused-ring (bicyclic) bond motifs is 3. The summed E-state index contributed by atoms with van der Waals surface area (Å²) in [6.07, 6.45) is 1.01. The summed E-state index contributed by atoms with van der Waals surface area (Å²) >= 11 is 1.75. The summed E-state index contributed by atoms with van der Waals surface area (Å²) in [7, 11) is 0. The van der Waals surface area contributed by atoms with Crippen LogP contribution in [0.1, 0.15) is 53.3 Å². The van der Waals surface area contributed by atoms with Gasteiger partial charge in [-0.05, 0) is 41.7 Å². The normalized spacial score (nSPS) is 17.1. The highest BCUT2D eigenvalue weighted by Gasteiger charge is 2.32. The van der Waals surface area contributed by atoms with Gasteiger partial charge in [0.2, 0.25) is 0 Å². The zero-order valence-corrected chi connectivity index (χ0v) is 17.5. The molecule has 1 aliphatic rings. The Hall–Kier alpha value is -2.63. The van der Waals surface area contributed by atoms with Crippen LogP contribution in [0.2, 0.25) is 0 Å². The molecular weight excluding hydrogens is 378 g/mol. The molecule has 0 bridgehead atoms. The maximum Gasteiger partial charge on any atom is 0.115 e. The third-order valence-electron chi connectivity index (χ3n) is 5.82. The number of nitrogens with one attached hydrogen (secondary N) is 1. The van der Waals surface area contributed by atoms with Crippen molar-refractivity contribution in [2.24, 2.45) is 0 Å². The number of rotatable bonds is 4. The smallest absolute Gasteiger partial charge is 0.115 e. The highest BCUT2D eigenvalue weighted by atomic mass is 32.1. The summed E-state index contributed by atoms with van der Waals surface area (Å²) in [5.41, 5.74) is 6.09. The van der Waals surface area contributed by atoms with Gasteiger partial charge in [0.25, 0.3) is 0 Å². The molecule has 0 unspecified atom stereocenters. The van der Waals surface area contributed by atoms with Crippen LogP contribution in [-0.4, -0.2) is 26.5 Å². The summed E-state index contributed by atoms with van der Waals surface area (Å²) in [4.78, 5) is 11.0. The number of aromatic nitrogens is 2. The first-order valence-electron chi connectivity index (χ1n) is 10.2. The number of phenolic OH excluding ortho intramolecular Hbond substituents is 1. The first-order valence-corrected chi connectivity index (χ1v) is 11.0. The molecule has 4 aromatic rings. The van der Waals surface area contributed by atoms with Crippen LogP contribution in [0.25, 0.3) is 10.9 Å². The van der Waals surface area contributed by atoms with E-state index >= 15 is 0 Å². The fourth-order valence-corrected chi connectivity index (χ4v) is 5.35. The molecule has 2 aromatic heterocycles. The Kier molecular flexibility index (Phi) is 4.64. The molecule has 0 amide bonds. The number of aromatic hydroxyl groups is 1. The Morgan fingerprint density at radius 2 is 2.07 bits per heavy atom. The highest BCUT2D eigenvalue weighted by Crippen LogP contribution is 2.40. The largest absolute Gasteiger partial charge is 0.508 e. The maximum atomic E-state index is 10.1. The molecule has 5 rings (SSSR count). The molecule has 0 spiro atoms. The predicted octanol–water partition coefficient (Wildman–Crippen LogP) is 5.60. The number of hydrogen-bond acceptors (Lipinski definition) is 4. The van der Waals surface area contributed by atoms with E-state index in [1.54, 1.807) is 17.4 Å². The van der Waals surface area contributed by atoms with Crippen LogP contribution in [-0.2, 0) is 13.0 Å². The van der Waals surface area contributed by atoms with Crippen LogP contribution in [0.3, 0.4) is 0 Å². The van der Waals surface area contributed by atoms with Crippen molar-refractivity contribution in [3.05, 3.63) is 81.4 Å². The van der Waals surface area contributed by atoms with Gasteiger partial charge in [0.05, 0.1) is 18.3 Å². The number of benzene rings is 2. The number of thiazole rings is 1. The average Bonchev–Trinajstić information content (AvgIpc) is 3.32. The zero-order chi connectivity index (χ0) is 20.0. The Labute approximate surface area is 174 Å². The quantitative estimate of drug-likeness (QED) is 0.466. The summed E-state index contributed by atoms with van der Waals surface area (Å²) in [6, 6.07) is 16.3. The van der Waals surface area contributed by atoms with E-state index in [2.05, 4.69) is 59.4 Å². The predicted molar refractivity (Wildman–Crippen MR) is 119 cm³/mol. The van der Waals surface area contributed by atoms with Crippen LogP contribution in [0.15, 0.2) is 53.9 Å². The van der Waals surface area contributed by atoms with Gasteiger partial charge in [-0.25, -0.2) is 4.98 Å². The number of para-hydroxylation sites is 1. The van der Waals surface area contributed by atoms with E-state index < -0.39 is 0 Å². The van der Waals surface area contributed by atoms with Gasteiger partial charge in [0.1, 0.15) is 10.8 Å². The van der Waals surface area contributed by atoms with E-state index in [-0.39, 0.29) is 6.04 Å². The Balaban J connectivity index is 1.58. The molecular formula is C24H25N3OS. The van der Waals surface area contributed by atoms with Gasteiger partial charge < -0.3 is 10.1 Å². The van der Waals surface area contributed by atoms with Crippen molar-refractivity contribution in [2.45, 2.75) is 38.8 Å². The van der Waals surface area contributed by atoms with E-state index in [9.17, 15) is 5.11 Å². The van der Waals surface area contributed by atoms with E-state index in [4.69, 9.17) is 4.98 Å². The Morgan fingerprint density at radius 3 is 2.86 bits per heavy atom. The Morgan fingerprint density at radius 1 is 1.21 bits per heavy atom. The molecule has 29 heavy (non-hydrogen) atoms. The third-order valence-corrected chi connectivity index (χ3v) is 6.67. The summed E-state index contributed by atoms with van der Waals surface area (Å²) < 4.78 is 0. The van der Waals surface area contributed by atoms with Gasteiger partial charge >= 0.3 is 0 Å². The highest BCUT2D eigenvalue weighted by molar-refractivity contribution is 7.09. The van der Waals surface area contributed by atoms with E-state index in [0.29, 0.717) is 11.7 Å². The third kappa shape index (κ3) is 3.34. The second-order valence-electron chi connectivity index (χ2n) is 8.10. The van der Waals surface area contributed by atoms with Crippen LogP contribution < -0.4 is 0 Å². The van der Waals surface area contributed by atoms with Gasteiger partial charge in [0, 0.05) is 28.5 Å². The standard InChI is InChI=1S/C24H25N3OS/c1-15(2)21-14-29-22(25-21)13-27-11-10-19-18-8-3-4-9-20(18)26-23(19)24(27)16-6-5-7-17(28)12-16/h3-9,12,14-15,24,26,28H,10-11,13H2,1-2H3/t24-/m0/s1. The van der Waals surface area contributed by atoms with Crippen LogP contribution in [0.4, 0.5) is 0 Å². The summed E-state index contributed by atoms with van der Waals surface area (Å²) in [6.45, 7) is 6.15. The molecule has 1 atom stereocenters. The SMILES string of the molecule is CC(C)c1csc(CN2CCc3c([nH]c4ccccc34)[C@@H]2c2cccc(O)c2)n1. The maximum absolute atomic E-state index is 10.1. The van der Waals surface area contributed by atoms with Crippen molar-refractivity contribution in [1.82, 2.24) is 14.9 Å². The molecule has 2 aromatic carbocycles. The molecule has 1 aliphatic heterocycles. The van der Waals surface area contributed by atoms with Crippen molar-refractivity contribution in [3.8, 4) is 5.75 Å². The number of aromatic amines is 1. The van der Waals surface area contributed by atoms with E-state index in [1.807, 2.05) is 12.1 Å². The number of H-pyrrole nitrogens is 1. The van der Waals surface area contributed by atoms with Gasteiger partial charge in [-0.1, -0.05) is 44.2 Å². The zero-order valence-electron chi connectivity index (χ0n) is 16.7. The fourth-order valence-electron chi connectivity index (χ4n) is 4.37. The molecule has 0 radical (unpaired) electrons. The van der Waals surface area contributed by atoms with E-state index in [1.165, 1.54) is 27.9 Å². The van der Waals surface area contributed by atoms with Gasteiger partial charge in [-0.15, -0.1) is 11.3 Å². The lowest BCUT2D eigenvalue weighted by atomic mass is 9.92. The molecule has 3 heterocycles. The fraction of sp³-hybridized carbons (Fsp3) is 0.292. The van der Waals surface area contributed by atoms with Crippen molar-refractivity contribution in [1.29, 1.82) is 0 Å². The molecule has 0 saturated heterocycles. The van der Waals surface area contributed by atoms with Gasteiger partial charge in [0.15, 0.2) is 0 Å². The lowest BCUT2D eigenvalue weighted by Crippen LogP contribution is -2.35. The van der Waals surface area contributed by atoms with Crippen LogP contribution >= 0.6 is 11.3 Å². The first-order chi connectivity index (χ1) is 14.1. The minimum absolute atomic E-state index is 0.0737. The minimum atomic E-state index is 0.0737. The topological polar surface area (TPSA) is 52.2 Å². The van der Waals surface area contributed by atoms with Crippen LogP contribution in [0, 0.1) is 0 Å². The van der Waals surface area contributed by atoms with E-state index in [0.717, 1.165) is 30.1 Å². The number of hydrogen-bond donors (Lipinski definition) is 2. The van der Waals surface area contributed by atoms with Crippen molar-refractivity contribution >= 4 is 22.2 Å². The summed E-state index contributed by atoms with van der Waals surface area (Å²) in [5, 5.41) is 14.8. The first kappa shape index (κ1) is 18.4. The summed E-state index contributed by atoms with van der Waals surface area (Å²) in [5.74, 6) is 0.755. The molecule has 2 N–H and O–H groups in total. The van der Waals surface area contributed by atoms with Crippen molar-refractivity contribution in [2.75, 3.05) is 6.54 Å². The monoisotopic (exact) mass is 403 g/mol. The minimum Gasteiger partial charge on any atom is -0.508 e. The van der Waals surface area contributed by atoms with Gasteiger partial charge in [-0.2, -0.15) is 0 Å². The molecule has 4 nitrogen and oxygen atoms in total. The molecule has 5 heteroatoms. The molecule has 0 aliphatic carbocycles. The number of nitrogens with zero attached hydrogens (tertiary/aromatic N) is 2. The van der Waals surface area contributed by atoms with Crippen molar-refractivity contribution in [3.63, 3.8) is 0 Å². The average molecular weight is 404 g/mol. The molecule has 148 valence electrons. The lowest BCUT2D eigenvalue weighted by molar-refractivity contribution is 0.201. The second-order valence-corrected chi connectivity index (χ2v) is 9.04. The second kappa shape index (κ2) is 7.32. The number of phenols is 1. The van der Waals surface area contributed by atoms with Crippen LogP contribution in [0.5, 0.6) is 5.75 Å². The molecule has 0 saturated carbocycles. The Bertz CT molecular complexity index is 1160. The molecule has 0 fully saturated rings.